The van der Waals surface area contributed by atoms with Crippen LogP contribution in [0.2, 0.25) is 10.0 Å². The molecule has 0 radical (unpaired) electrons. The second kappa shape index (κ2) is 16.0. The molecule has 0 aliphatic rings. The number of sulfonamides is 1. The lowest BCUT2D eigenvalue weighted by atomic mass is 10.0. The molecule has 232 valence electrons. The van der Waals surface area contributed by atoms with Crippen molar-refractivity contribution in [1.82, 2.24) is 10.2 Å². The third kappa shape index (κ3) is 10.4. The van der Waals surface area contributed by atoms with Crippen LogP contribution in [0.3, 0.4) is 0 Å². The largest absolute Gasteiger partial charge is 0.494 e. The lowest BCUT2D eigenvalue weighted by Gasteiger charge is -2.32. The SMILES string of the molecule is CCOc1ccc(N(CCCC(=O)N(Cc2ccc(Cl)cc2Cl)[C@H](Cc2ccccc2)C(=O)NC(C)C)S(C)(=O)=O)cc1. The van der Waals surface area contributed by atoms with Crippen LogP contribution in [0.4, 0.5) is 5.69 Å². The minimum Gasteiger partial charge on any atom is -0.494 e. The van der Waals surface area contributed by atoms with Crippen LogP contribution in [0, 0.1) is 0 Å². The van der Waals surface area contributed by atoms with Gasteiger partial charge in [0.05, 0.1) is 18.6 Å². The fourth-order valence-corrected chi connectivity index (χ4v) is 6.08. The van der Waals surface area contributed by atoms with Gasteiger partial charge >= 0.3 is 0 Å². The molecule has 3 rings (SSSR count). The van der Waals surface area contributed by atoms with Gasteiger partial charge in [-0.15, -0.1) is 0 Å². The maximum absolute atomic E-state index is 13.9. The van der Waals surface area contributed by atoms with Crippen molar-refractivity contribution < 1.29 is 22.7 Å². The van der Waals surface area contributed by atoms with Crippen LogP contribution in [0.1, 0.15) is 44.7 Å². The first-order valence-electron chi connectivity index (χ1n) is 14.2. The van der Waals surface area contributed by atoms with Gasteiger partial charge in [-0.1, -0.05) is 59.6 Å². The molecule has 0 aromatic heterocycles. The summed E-state index contributed by atoms with van der Waals surface area (Å²) in [7, 11) is -3.63. The number of rotatable bonds is 15. The zero-order valence-electron chi connectivity index (χ0n) is 24.9. The molecule has 1 N–H and O–H groups in total. The number of halogens is 2. The molecule has 0 aliphatic carbocycles. The number of hydrogen-bond donors (Lipinski definition) is 1. The maximum atomic E-state index is 13.9. The molecule has 0 heterocycles. The molecule has 11 heteroatoms. The van der Waals surface area contributed by atoms with Crippen molar-refractivity contribution in [3.05, 3.63) is 94.0 Å². The normalized spacial score (nSPS) is 12.1. The van der Waals surface area contributed by atoms with E-state index < -0.39 is 16.1 Å². The summed E-state index contributed by atoms with van der Waals surface area (Å²) < 4.78 is 32.1. The van der Waals surface area contributed by atoms with E-state index in [1.165, 1.54) is 9.21 Å². The Morgan fingerprint density at radius 3 is 2.23 bits per heavy atom. The molecule has 0 bridgehead atoms. The van der Waals surface area contributed by atoms with Gasteiger partial charge < -0.3 is 15.0 Å². The minimum atomic E-state index is -3.63. The molecule has 0 saturated heterocycles. The van der Waals surface area contributed by atoms with E-state index >= 15 is 0 Å². The van der Waals surface area contributed by atoms with Crippen molar-refractivity contribution in [2.45, 2.75) is 58.7 Å². The van der Waals surface area contributed by atoms with Crippen LogP contribution in [-0.2, 0) is 32.6 Å². The molecular formula is C32H39Cl2N3O5S. The third-order valence-electron chi connectivity index (χ3n) is 6.65. The molecular weight excluding hydrogens is 609 g/mol. The third-order valence-corrected chi connectivity index (χ3v) is 8.43. The first-order chi connectivity index (χ1) is 20.4. The number of nitrogens with zero attached hydrogens (tertiary/aromatic N) is 2. The summed E-state index contributed by atoms with van der Waals surface area (Å²) in [6.45, 7) is 6.24. The quantitative estimate of drug-likeness (QED) is 0.215. The lowest BCUT2D eigenvalue weighted by molar-refractivity contribution is -0.141. The summed E-state index contributed by atoms with van der Waals surface area (Å²) in [5.41, 5.74) is 2.01. The fraction of sp³-hybridized carbons (Fsp3) is 0.375. The van der Waals surface area contributed by atoms with Gasteiger partial charge in [-0.2, -0.15) is 0 Å². The number of nitrogens with one attached hydrogen (secondary N) is 1. The Bertz CT molecular complexity index is 1470. The van der Waals surface area contributed by atoms with Crippen LogP contribution in [0.15, 0.2) is 72.8 Å². The number of ether oxygens (including phenoxy) is 1. The summed E-state index contributed by atoms with van der Waals surface area (Å²) in [5, 5.41) is 3.79. The number of carbonyl (C=O) groups is 2. The zero-order chi connectivity index (χ0) is 31.6. The van der Waals surface area contributed by atoms with E-state index in [-0.39, 0.29) is 50.2 Å². The van der Waals surface area contributed by atoms with E-state index in [9.17, 15) is 18.0 Å². The molecule has 0 spiro atoms. The molecule has 0 unspecified atom stereocenters. The van der Waals surface area contributed by atoms with Gasteiger partial charge in [-0.3, -0.25) is 13.9 Å². The highest BCUT2D eigenvalue weighted by atomic mass is 35.5. The monoisotopic (exact) mass is 647 g/mol. The van der Waals surface area contributed by atoms with E-state index in [1.54, 1.807) is 42.5 Å². The predicted octanol–water partition coefficient (Wildman–Crippen LogP) is 6.10. The molecule has 43 heavy (non-hydrogen) atoms. The van der Waals surface area contributed by atoms with Gasteiger partial charge in [-0.25, -0.2) is 8.42 Å². The predicted molar refractivity (Wildman–Crippen MR) is 173 cm³/mol. The number of carbonyl (C=O) groups excluding carboxylic acids is 2. The molecule has 0 aliphatic heterocycles. The van der Waals surface area contributed by atoms with Gasteiger partial charge in [0.2, 0.25) is 21.8 Å². The second-order valence-corrected chi connectivity index (χ2v) is 13.2. The van der Waals surface area contributed by atoms with Crippen molar-refractivity contribution in [3.63, 3.8) is 0 Å². The van der Waals surface area contributed by atoms with E-state index in [2.05, 4.69) is 5.32 Å². The average molecular weight is 649 g/mol. The Morgan fingerprint density at radius 1 is 0.977 bits per heavy atom. The van der Waals surface area contributed by atoms with Crippen molar-refractivity contribution in [2.75, 3.05) is 23.7 Å². The van der Waals surface area contributed by atoms with E-state index in [0.717, 1.165) is 11.8 Å². The molecule has 3 aromatic rings. The number of anilines is 1. The van der Waals surface area contributed by atoms with Crippen molar-refractivity contribution in [2.24, 2.45) is 0 Å². The molecule has 1 atom stereocenters. The van der Waals surface area contributed by atoms with Crippen LogP contribution < -0.4 is 14.4 Å². The van der Waals surface area contributed by atoms with Crippen LogP contribution in [-0.4, -0.2) is 56.6 Å². The lowest BCUT2D eigenvalue weighted by Crippen LogP contribution is -2.51. The Labute approximate surface area is 265 Å². The van der Waals surface area contributed by atoms with Crippen molar-refractivity contribution in [3.8, 4) is 5.75 Å². The zero-order valence-corrected chi connectivity index (χ0v) is 27.3. The van der Waals surface area contributed by atoms with E-state index in [4.69, 9.17) is 27.9 Å². The Balaban J connectivity index is 1.89. The van der Waals surface area contributed by atoms with Gasteiger partial charge in [-0.05, 0) is 74.7 Å². The van der Waals surface area contributed by atoms with Gasteiger partial charge in [0.1, 0.15) is 11.8 Å². The molecule has 3 aromatic carbocycles. The van der Waals surface area contributed by atoms with Crippen LogP contribution >= 0.6 is 23.2 Å². The highest BCUT2D eigenvalue weighted by Gasteiger charge is 2.31. The summed E-state index contributed by atoms with van der Waals surface area (Å²) in [4.78, 5) is 29.0. The summed E-state index contributed by atoms with van der Waals surface area (Å²) in [6.07, 6.45) is 1.66. The molecule has 0 saturated carbocycles. The summed E-state index contributed by atoms with van der Waals surface area (Å²) in [5.74, 6) is 0.0472. The maximum Gasteiger partial charge on any atom is 0.243 e. The number of benzene rings is 3. The first kappa shape index (κ1) is 34.2. The standard InChI is InChI=1S/C32H39Cl2N3O5S/c1-5-42-28-17-15-27(16-18-28)37(43(4,40)41)19-9-12-31(38)36(22-25-13-14-26(33)21-29(25)34)30(32(39)35-23(2)3)20-24-10-7-6-8-11-24/h6-8,10-11,13-18,21,23,30H,5,9,12,19-20,22H2,1-4H3,(H,35,39)/t30-/m1/s1. The number of amides is 2. The highest BCUT2D eigenvalue weighted by molar-refractivity contribution is 7.92. The van der Waals surface area contributed by atoms with Gasteiger partial charge in [0.25, 0.3) is 0 Å². The van der Waals surface area contributed by atoms with Crippen LogP contribution in [0.25, 0.3) is 0 Å². The fourth-order valence-electron chi connectivity index (χ4n) is 4.65. The molecule has 2 amide bonds. The number of hydrogen-bond acceptors (Lipinski definition) is 5. The average Bonchev–Trinajstić information content (AvgIpc) is 2.94. The topological polar surface area (TPSA) is 96.0 Å². The summed E-state index contributed by atoms with van der Waals surface area (Å²) in [6, 6.07) is 20.3. The smallest absolute Gasteiger partial charge is 0.243 e. The molecule has 0 fully saturated rings. The first-order valence-corrected chi connectivity index (χ1v) is 16.8. The van der Waals surface area contributed by atoms with E-state index in [0.29, 0.717) is 33.7 Å². The van der Waals surface area contributed by atoms with Crippen LogP contribution in [0.5, 0.6) is 5.75 Å². The van der Waals surface area contributed by atoms with Crippen molar-refractivity contribution in [1.29, 1.82) is 0 Å². The van der Waals surface area contributed by atoms with Gasteiger partial charge in [0.15, 0.2) is 0 Å². The van der Waals surface area contributed by atoms with Gasteiger partial charge in [0, 0.05) is 42.0 Å². The van der Waals surface area contributed by atoms with Crippen molar-refractivity contribution >= 4 is 50.7 Å². The summed E-state index contributed by atoms with van der Waals surface area (Å²) >= 11 is 12.6. The minimum absolute atomic E-state index is 0.00844. The Hall–Kier alpha value is -3.27. The Kier molecular flexibility index (Phi) is 12.7. The molecule has 8 nitrogen and oxygen atoms in total. The second-order valence-electron chi connectivity index (χ2n) is 10.5. The highest BCUT2D eigenvalue weighted by Crippen LogP contribution is 2.26. The van der Waals surface area contributed by atoms with E-state index in [1.807, 2.05) is 51.1 Å². The Morgan fingerprint density at radius 2 is 1.65 bits per heavy atom.